The molecule has 63 heavy (non-hydrogen) atoms. The number of anilines is 2. The van der Waals surface area contributed by atoms with Crippen LogP contribution in [0.1, 0.15) is 42.9 Å². The zero-order valence-corrected chi connectivity index (χ0v) is 35.5. The van der Waals surface area contributed by atoms with Crippen LogP contribution in [0.25, 0.3) is 71.6 Å². The van der Waals surface area contributed by atoms with E-state index in [0.717, 1.165) is 23.5 Å². The summed E-state index contributed by atoms with van der Waals surface area (Å²) in [5.41, 5.74) is 18.4. The number of nitrogens with zero attached hydrogens (tertiary/aromatic N) is 2. The van der Waals surface area contributed by atoms with Crippen LogP contribution in [0.15, 0.2) is 230 Å². The molecule has 300 valence electrons. The van der Waals surface area contributed by atoms with Crippen molar-refractivity contribution in [1.82, 2.24) is 4.57 Å². The highest BCUT2D eigenvalue weighted by atomic mass is 15.1. The summed E-state index contributed by atoms with van der Waals surface area (Å²) in [4.78, 5) is 2.52. The summed E-state index contributed by atoms with van der Waals surface area (Å²) in [5.74, 6) is 0.322. The first kappa shape index (κ1) is 37.1. The molecule has 0 amide bonds. The van der Waals surface area contributed by atoms with E-state index in [-0.39, 0.29) is 5.41 Å². The number of aromatic nitrogens is 1. The van der Waals surface area contributed by atoms with E-state index in [1.54, 1.807) is 0 Å². The number of rotatable bonds is 7. The maximum atomic E-state index is 2.52. The van der Waals surface area contributed by atoms with Gasteiger partial charge in [-0.3, -0.25) is 0 Å². The summed E-state index contributed by atoms with van der Waals surface area (Å²) in [6.45, 7) is 4.75. The van der Waals surface area contributed by atoms with Crippen molar-refractivity contribution in [2.45, 2.75) is 31.6 Å². The van der Waals surface area contributed by atoms with Gasteiger partial charge in [0.1, 0.15) is 0 Å². The summed E-state index contributed by atoms with van der Waals surface area (Å²) < 4.78 is 2.45. The third-order valence-electron chi connectivity index (χ3n) is 13.7. The summed E-state index contributed by atoms with van der Waals surface area (Å²) >= 11 is 0. The molecule has 2 aliphatic rings. The molecule has 0 radical (unpaired) electrons. The minimum atomic E-state index is -0.137. The maximum absolute atomic E-state index is 2.52. The maximum Gasteiger partial charge on any atom is 0.0541 e. The molecule has 1 aromatic heterocycles. The Morgan fingerprint density at radius 2 is 1.13 bits per heavy atom. The molecular weight excluding hydrogens is 761 g/mol. The van der Waals surface area contributed by atoms with Crippen LogP contribution >= 0.6 is 0 Å². The standard InChI is InChI=1S/C61H46N2/c1-61(2)55-27-12-8-23-50(55)51-37-36-46(40-56(51)61)62(45-34-31-42(32-35-45)41-17-4-3-5-18-41)60-38-33-44(39-54(60)49-26-16-20-43-19-6-7-21-47(43)49)48-22-9-13-28-57(48)63-58-29-14-10-24-52(58)53-25-11-15-30-59(53)63/h3-31,33-40,42H,32H2,1-2H3. The second kappa shape index (κ2) is 14.8. The molecule has 12 rings (SSSR count). The quantitative estimate of drug-likeness (QED) is 0.156. The first-order valence-electron chi connectivity index (χ1n) is 22.2. The lowest BCUT2D eigenvalue weighted by molar-refractivity contribution is 0.660. The van der Waals surface area contributed by atoms with Crippen LogP contribution in [-0.2, 0) is 5.41 Å². The number of fused-ring (bicyclic) bond motifs is 7. The van der Waals surface area contributed by atoms with Crippen molar-refractivity contribution in [2.24, 2.45) is 0 Å². The fourth-order valence-corrected chi connectivity index (χ4v) is 10.7. The van der Waals surface area contributed by atoms with Crippen LogP contribution in [0.5, 0.6) is 0 Å². The first-order chi connectivity index (χ1) is 31.0. The third-order valence-corrected chi connectivity index (χ3v) is 13.7. The molecule has 0 saturated heterocycles. The van der Waals surface area contributed by atoms with Gasteiger partial charge in [-0.25, -0.2) is 0 Å². The van der Waals surface area contributed by atoms with Crippen molar-refractivity contribution >= 4 is 44.0 Å². The van der Waals surface area contributed by atoms with Gasteiger partial charge in [0.15, 0.2) is 0 Å². The van der Waals surface area contributed by atoms with Gasteiger partial charge in [-0.2, -0.15) is 0 Å². The Kier molecular flexibility index (Phi) is 8.69. The lowest BCUT2D eigenvalue weighted by Crippen LogP contribution is -2.20. The van der Waals surface area contributed by atoms with Gasteiger partial charge in [0, 0.05) is 44.6 Å². The highest BCUT2D eigenvalue weighted by molar-refractivity contribution is 6.10. The van der Waals surface area contributed by atoms with Crippen molar-refractivity contribution < 1.29 is 0 Å². The molecule has 1 atom stereocenters. The number of hydrogen-bond donors (Lipinski definition) is 0. The summed E-state index contributed by atoms with van der Waals surface area (Å²) in [6.07, 6.45) is 8.12. The highest BCUT2D eigenvalue weighted by Crippen LogP contribution is 2.52. The molecule has 2 aliphatic carbocycles. The largest absolute Gasteiger partial charge is 0.310 e. The summed E-state index contributed by atoms with van der Waals surface area (Å²) in [6, 6.07) is 76.2. The SMILES string of the molecule is CC1(C)c2ccccc2-c2ccc(N(C3=CCC(c4ccccc4)C=C3)c3ccc(-c4ccccc4-n4c5ccccc5c5ccccc54)cc3-c3cccc4ccccc34)cc21. The Balaban J connectivity index is 1.09. The monoisotopic (exact) mass is 806 g/mol. The van der Waals surface area contributed by atoms with Gasteiger partial charge in [0.25, 0.3) is 0 Å². The van der Waals surface area contributed by atoms with Crippen LogP contribution in [0.4, 0.5) is 11.4 Å². The lowest BCUT2D eigenvalue weighted by atomic mass is 9.82. The van der Waals surface area contributed by atoms with Gasteiger partial charge in [-0.15, -0.1) is 0 Å². The number of allylic oxidation sites excluding steroid dienone is 3. The zero-order chi connectivity index (χ0) is 42.1. The van der Waals surface area contributed by atoms with E-state index >= 15 is 0 Å². The highest BCUT2D eigenvalue weighted by Gasteiger charge is 2.36. The second-order valence-corrected chi connectivity index (χ2v) is 17.6. The molecule has 2 nitrogen and oxygen atoms in total. The molecule has 9 aromatic carbocycles. The lowest BCUT2D eigenvalue weighted by Gasteiger charge is -2.32. The Hall–Kier alpha value is -7.68. The Morgan fingerprint density at radius 3 is 1.90 bits per heavy atom. The fraction of sp³-hybridized carbons (Fsp3) is 0.0820. The topological polar surface area (TPSA) is 8.17 Å². The Bertz CT molecular complexity index is 3410. The molecule has 0 bridgehead atoms. The van der Waals surface area contributed by atoms with Crippen molar-refractivity contribution in [3.63, 3.8) is 0 Å². The first-order valence-corrected chi connectivity index (χ1v) is 22.2. The van der Waals surface area contributed by atoms with E-state index in [1.807, 2.05) is 0 Å². The van der Waals surface area contributed by atoms with Crippen LogP contribution in [0.2, 0.25) is 0 Å². The normalized spacial score (nSPS) is 15.1. The van der Waals surface area contributed by atoms with Gasteiger partial charge in [0.05, 0.1) is 22.4 Å². The average molecular weight is 807 g/mol. The number of hydrogen-bond acceptors (Lipinski definition) is 1. The van der Waals surface area contributed by atoms with Gasteiger partial charge in [-0.05, 0) is 105 Å². The molecule has 0 spiro atoms. The van der Waals surface area contributed by atoms with Crippen LogP contribution in [0.3, 0.4) is 0 Å². The minimum absolute atomic E-state index is 0.137. The Labute approximate surface area is 369 Å². The van der Waals surface area contributed by atoms with Crippen molar-refractivity contribution in [2.75, 3.05) is 4.90 Å². The van der Waals surface area contributed by atoms with Gasteiger partial charge >= 0.3 is 0 Å². The predicted octanol–water partition coefficient (Wildman–Crippen LogP) is 16.3. The van der Waals surface area contributed by atoms with E-state index in [2.05, 4.69) is 248 Å². The predicted molar refractivity (Wildman–Crippen MR) is 266 cm³/mol. The summed E-state index contributed by atoms with van der Waals surface area (Å²) in [5, 5.41) is 4.98. The average Bonchev–Trinajstić information content (AvgIpc) is 3.80. The number of para-hydroxylation sites is 3. The van der Waals surface area contributed by atoms with Crippen molar-refractivity contribution in [3.8, 4) is 39.1 Å². The summed E-state index contributed by atoms with van der Waals surface area (Å²) in [7, 11) is 0. The second-order valence-electron chi connectivity index (χ2n) is 17.6. The van der Waals surface area contributed by atoms with E-state index in [9.17, 15) is 0 Å². The van der Waals surface area contributed by atoms with E-state index in [4.69, 9.17) is 0 Å². The van der Waals surface area contributed by atoms with Crippen molar-refractivity contribution in [1.29, 1.82) is 0 Å². The fourth-order valence-electron chi connectivity index (χ4n) is 10.7. The third kappa shape index (κ3) is 6.01. The number of benzene rings is 9. The molecule has 10 aromatic rings. The van der Waals surface area contributed by atoms with Gasteiger partial charge < -0.3 is 9.47 Å². The Morgan fingerprint density at radius 1 is 0.492 bits per heavy atom. The smallest absolute Gasteiger partial charge is 0.0541 e. The van der Waals surface area contributed by atoms with Gasteiger partial charge in [-0.1, -0.05) is 190 Å². The van der Waals surface area contributed by atoms with Crippen molar-refractivity contribution in [3.05, 3.63) is 247 Å². The molecule has 1 unspecified atom stereocenters. The van der Waals surface area contributed by atoms with Gasteiger partial charge in [0.2, 0.25) is 0 Å². The molecular formula is C61H46N2. The van der Waals surface area contributed by atoms with Crippen LogP contribution < -0.4 is 4.90 Å². The molecule has 1 heterocycles. The molecule has 0 aliphatic heterocycles. The molecule has 2 heteroatoms. The minimum Gasteiger partial charge on any atom is -0.310 e. The van der Waals surface area contributed by atoms with Crippen LogP contribution in [0, 0.1) is 0 Å². The molecule has 0 saturated carbocycles. The van der Waals surface area contributed by atoms with E-state index < -0.39 is 0 Å². The van der Waals surface area contributed by atoms with Crippen LogP contribution in [-0.4, -0.2) is 4.57 Å². The molecule has 0 N–H and O–H groups in total. The molecule has 0 fully saturated rings. The zero-order valence-electron chi connectivity index (χ0n) is 35.5. The van der Waals surface area contributed by atoms with E-state index in [0.29, 0.717) is 5.92 Å². The van der Waals surface area contributed by atoms with E-state index in [1.165, 1.54) is 88.3 Å².